The Morgan fingerprint density at radius 2 is 1.51 bits per heavy atom. The molecule has 2 amide bonds. The van der Waals surface area contributed by atoms with E-state index in [1.54, 1.807) is 19.0 Å². The lowest BCUT2D eigenvalue weighted by molar-refractivity contribution is -0.137. The Balaban J connectivity index is 1.52. The third-order valence-corrected chi connectivity index (χ3v) is 7.91. The molecule has 41 heavy (non-hydrogen) atoms. The number of piperidine rings is 1. The predicted octanol–water partition coefficient (Wildman–Crippen LogP) is 4.72. The molecule has 4 rings (SSSR count). The van der Waals surface area contributed by atoms with Crippen molar-refractivity contribution >= 4 is 11.8 Å². The molecule has 1 aliphatic rings. The van der Waals surface area contributed by atoms with Crippen LogP contribution in [0.25, 0.3) is 0 Å². The second-order valence-electron chi connectivity index (χ2n) is 10.9. The smallest absolute Gasteiger partial charge is 0.390 e. The topological polar surface area (TPSA) is 72.9 Å². The molecule has 9 heteroatoms. The number of aliphatic hydroxyl groups excluding tert-OH is 1. The lowest BCUT2D eigenvalue weighted by Crippen LogP contribution is -2.57. The SMILES string of the molecule is CC(CC(C(=O)N(C)C)(c1ccccc1)c1ccccc1)N1CC[C@@H](NC(=O)c2cccc(C(F)(F)F)c2)[C@H](O)C1. The van der Waals surface area contributed by atoms with Gasteiger partial charge in [0, 0.05) is 38.8 Å². The Morgan fingerprint density at radius 3 is 2.02 bits per heavy atom. The maximum atomic E-state index is 14.0. The van der Waals surface area contributed by atoms with Gasteiger partial charge in [0.2, 0.25) is 5.91 Å². The van der Waals surface area contributed by atoms with Crippen LogP contribution in [0.2, 0.25) is 0 Å². The zero-order chi connectivity index (χ0) is 29.8. The van der Waals surface area contributed by atoms with Crippen molar-refractivity contribution in [1.82, 2.24) is 15.1 Å². The number of halogens is 3. The van der Waals surface area contributed by atoms with Crippen molar-refractivity contribution in [1.29, 1.82) is 0 Å². The number of β-amino-alcohol motifs (C(OH)–C–C–N with tert-alkyl or cyclic N) is 1. The molecule has 0 spiro atoms. The van der Waals surface area contributed by atoms with Gasteiger partial charge >= 0.3 is 6.18 Å². The summed E-state index contributed by atoms with van der Waals surface area (Å²) in [5.74, 6) is -0.712. The van der Waals surface area contributed by atoms with E-state index in [9.17, 15) is 27.9 Å². The number of benzene rings is 3. The molecule has 0 aliphatic carbocycles. The monoisotopic (exact) mass is 567 g/mol. The number of rotatable bonds is 8. The number of carbonyl (C=O) groups excluding carboxylic acids is 2. The third-order valence-electron chi connectivity index (χ3n) is 7.91. The van der Waals surface area contributed by atoms with Crippen molar-refractivity contribution in [3.63, 3.8) is 0 Å². The molecule has 3 aromatic carbocycles. The summed E-state index contributed by atoms with van der Waals surface area (Å²) in [5.41, 5.74) is -0.228. The number of nitrogens with zero attached hydrogens (tertiary/aromatic N) is 2. The van der Waals surface area contributed by atoms with E-state index in [1.807, 2.05) is 67.6 Å². The minimum absolute atomic E-state index is 0.0504. The van der Waals surface area contributed by atoms with Gasteiger partial charge in [-0.15, -0.1) is 0 Å². The molecule has 1 heterocycles. The largest absolute Gasteiger partial charge is 0.416 e. The molecule has 218 valence electrons. The molecule has 3 atom stereocenters. The molecule has 0 aromatic heterocycles. The summed E-state index contributed by atoms with van der Waals surface area (Å²) in [6.45, 7) is 2.80. The highest BCUT2D eigenvalue weighted by Gasteiger charge is 2.45. The molecule has 0 saturated carbocycles. The molecule has 1 aliphatic heterocycles. The predicted molar refractivity (Wildman–Crippen MR) is 151 cm³/mol. The fourth-order valence-electron chi connectivity index (χ4n) is 5.75. The van der Waals surface area contributed by atoms with Gasteiger partial charge in [0.05, 0.1) is 17.7 Å². The second kappa shape index (κ2) is 12.4. The van der Waals surface area contributed by atoms with Crippen molar-refractivity contribution in [2.45, 2.75) is 49.5 Å². The number of nitrogens with one attached hydrogen (secondary N) is 1. The van der Waals surface area contributed by atoms with Crippen LogP contribution in [0.4, 0.5) is 13.2 Å². The van der Waals surface area contributed by atoms with Crippen molar-refractivity contribution in [3.05, 3.63) is 107 Å². The first-order chi connectivity index (χ1) is 19.4. The molecular formula is C32H36F3N3O3. The number of likely N-dealkylation sites (N-methyl/N-ethyl adjacent to an activating group) is 1. The second-order valence-corrected chi connectivity index (χ2v) is 10.9. The summed E-state index contributed by atoms with van der Waals surface area (Å²) in [7, 11) is 3.49. The summed E-state index contributed by atoms with van der Waals surface area (Å²) >= 11 is 0. The van der Waals surface area contributed by atoms with Crippen LogP contribution in [-0.4, -0.2) is 72.1 Å². The quantitative estimate of drug-likeness (QED) is 0.413. The molecule has 1 fully saturated rings. The van der Waals surface area contributed by atoms with Crippen molar-refractivity contribution in [3.8, 4) is 0 Å². The fourth-order valence-corrected chi connectivity index (χ4v) is 5.75. The fraction of sp³-hybridized carbons (Fsp3) is 0.375. The van der Waals surface area contributed by atoms with Gasteiger partial charge in [-0.3, -0.25) is 14.5 Å². The summed E-state index contributed by atoms with van der Waals surface area (Å²) in [6.07, 6.45) is -4.64. The normalized spacial score (nSPS) is 18.9. The van der Waals surface area contributed by atoms with Crippen LogP contribution in [0.3, 0.4) is 0 Å². The average molecular weight is 568 g/mol. The summed E-state index contributed by atoms with van der Waals surface area (Å²) in [6, 6.07) is 22.9. The zero-order valence-corrected chi connectivity index (χ0v) is 23.4. The average Bonchev–Trinajstić information content (AvgIpc) is 2.97. The number of amides is 2. The van der Waals surface area contributed by atoms with Gasteiger partial charge in [-0.2, -0.15) is 13.2 Å². The van der Waals surface area contributed by atoms with Crippen LogP contribution >= 0.6 is 0 Å². The van der Waals surface area contributed by atoms with Gasteiger partial charge in [0.15, 0.2) is 0 Å². The summed E-state index contributed by atoms with van der Waals surface area (Å²) in [4.78, 5) is 30.4. The van der Waals surface area contributed by atoms with Gasteiger partial charge in [-0.1, -0.05) is 66.7 Å². The molecule has 0 radical (unpaired) electrons. The number of hydrogen-bond donors (Lipinski definition) is 2. The van der Waals surface area contributed by atoms with E-state index in [-0.39, 0.29) is 24.1 Å². The Kier molecular flexibility index (Phi) is 9.19. The van der Waals surface area contributed by atoms with Crippen LogP contribution < -0.4 is 5.32 Å². The van der Waals surface area contributed by atoms with Crippen molar-refractivity contribution < 1.29 is 27.9 Å². The minimum Gasteiger partial charge on any atom is -0.390 e. The number of alkyl halides is 3. The lowest BCUT2D eigenvalue weighted by Gasteiger charge is -2.44. The molecule has 1 saturated heterocycles. The van der Waals surface area contributed by atoms with E-state index in [0.717, 1.165) is 23.3 Å². The zero-order valence-electron chi connectivity index (χ0n) is 23.4. The number of likely N-dealkylation sites (tertiary alicyclic amines) is 1. The van der Waals surface area contributed by atoms with Crippen molar-refractivity contribution in [2.24, 2.45) is 0 Å². The number of aliphatic hydroxyl groups is 1. The minimum atomic E-state index is -4.56. The first kappa shape index (κ1) is 30.3. The van der Waals surface area contributed by atoms with Crippen LogP contribution in [0.1, 0.15) is 46.8 Å². The maximum Gasteiger partial charge on any atom is 0.416 e. The Hall–Kier alpha value is -3.69. The van der Waals surface area contributed by atoms with Crippen LogP contribution in [-0.2, 0) is 16.4 Å². The maximum absolute atomic E-state index is 14.0. The standard InChI is InChI=1S/C32H36F3N3O3/c1-22(20-31(30(41)37(2)3,24-12-6-4-7-13-24)25-14-8-5-9-15-25)38-18-17-27(28(39)21-38)36-29(40)23-11-10-16-26(19-23)32(33,34)35/h4-16,19,22,27-28,39H,17-18,20-21H2,1-3H3,(H,36,40)/t22?,27-,28-/m1/s1. The molecule has 6 nitrogen and oxygen atoms in total. The first-order valence-electron chi connectivity index (χ1n) is 13.7. The number of hydrogen-bond acceptors (Lipinski definition) is 4. The summed E-state index contributed by atoms with van der Waals surface area (Å²) < 4.78 is 39.3. The highest BCUT2D eigenvalue weighted by atomic mass is 19.4. The van der Waals surface area contributed by atoms with E-state index in [2.05, 4.69) is 10.2 Å². The Morgan fingerprint density at radius 1 is 0.951 bits per heavy atom. The van der Waals surface area contributed by atoms with Gasteiger partial charge in [0.25, 0.3) is 5.91 Å². The van der Waals surface area contributed by atoms with Crippen molar-refractivity contribution in [2.75, 3.05) is 27.2 Å². The highest BCUT2D eigenvalue weighted by molar-refractivity contribution is 5.94. The molecule has 3 aromatic rings. The lowest BCUT2D eigenvalue weighted by atomic mass is 9.69. The molecule has 2 N–H and O–H groups in total. The molecule has 1 unspecified atom stereocenters. The third kappa shape index (κ3) is 6.63. The number of carbonyl (C=O) groups is 2. The van der Waals surface area contributed by atoms with Gasteiger partial charge in [-0.25, -0.2) is 0 Å². The van der Waals surface area contributed by atoms with Crippen LogP contribution in [0.15, 0.2) is 84.9 Å². The highest BCUT2D eigenvalue weighted by Crippen LogP contribution is 2.40. The van der Waals surface area contributed by atoms with E-state index >= 15 is 0 Å². The summed E-state index contributed by atoms with van der Waals surface area (Å²) in [5, 5.41) is 13.7. The van der Waals surface area contributed by atoms with E-state index in [0.29, 0.717) is 19.4 Å². The van der Waals surface area contributed by atoms with Crippen LogP contribution in [0, 0.1) is 0 Å². The van der Waals surface area contributed by atoms with E-state index < -0.39 is 35.2 Å². The molecular weight excluding hydrogens is 531 g/mol. The van der Waals surface area contributed by atoms with E-state index in [4.69, 9.17) is 0 Å². The molecule has 0 bridgehead atoms. The Bertz CT molecular complexity index is 1290. The Labute approximate surface area is 238 Å². The van der Waals surface area contributed by atoms with Gasteiger partial charge in [0.1, 0.15) is 5.41 Å². The van der Waals surface area contributed by atoms with Crippen LogP contribution in [0.5, 0.6) is 0 Å². The van der Waals surface area contributed by atoms with E-state index in [1.165, 1.54) is 12.1 Å². The first-order valence-corrected chi connectivity index (χ1v) is 13.7. The van der Waals surface area contributed by atoms with Gasteiger partial charge < -0.3 is 15.3 Å². The van der Waals surface area contributed by atoms with Gasteiger partial charge in [-0.05, 0) is 49.1 Å².